The van der Waals surface area contributed by atoms with Gasteiger partial charge in [-0.05, 0) is 55.5 Å². The summed E-state index contributed by atoms with van der Waals surface area (Å²) in [7, 11) is 1.55. The first kappa shape index (κ1) is 21.1. The quantitative estimate of drug-likeness (QED) is 0.561. The summed E-state index contributed by atoms with van der Waals surface area (Å²) in [6, 6.07) is 11.4. The molecule has 3 rings (SSSR count). The van der Waals surface area contributed by atoms with E-state index in [-0.39, 0.29) is 11.8 Å². The van der Waals surface area contributed by atoms with Crippen molar-refractivity contribution in [3.05, 3.63) is 71.8 Å². The molecule has 2 aromatic carbocycles. The molecule has 1 heterocycles. The Labute approximate surface area is 178 Å². The highest BCUT2D eigenvalue weighted by Crippen LogP contribution is 2.24. The number of amides is 2. The van der Waals surface area contributed by atoms with Gasteiger partial charge in [-0.15, -0.1) is 0 Å². The van der Waals surface area contributed by atoms with Gasteiger partial charge in [0.15, 0.2) is 0 Å². The van der Waals surface area contributed by atoms with Gasteiger partial charge in [-0.25, -0.2) is 9.67 Å². The van der Waals surface area contributed by atoms with E-state index in [0.717, 1.165) is 0 Å². The fourth-order valence-corrected chi connectivity index (χ4v) is 2.79. The minimum atomic E-state index is -0.500. The van der Waals surface area contributed by atoms with Crippen molar-refractivity contribution in [2.45, 2.75) is 13.0 Å². The van der Waals surface area contributed by atoms with Crippen LogP contribution in [0.3, 0.4) is 0 Å². The van der Waals surface area contributed by atoms with Gasteiger partial charge in [0.2, 0.25) is 11.8 Å². The summed E-state index contributed by atoms with van der Waals surface area (Å²) in [5, 5.41) is 10.1. The van der Waals surface area contributed by atoms with Gasteiger partial charge in [0.1, 0.15) is 24.4 Å². The first-order valence-electron chi connectivity index (χ1n) is 9.04. The van der Waals surface area contributed by atoms with Crippen LogP contribution in [0.1, 0.15) is 18.5 Å². The molecular weight excluding hydrogens is 406 g/mol. The Bertz CT molecular complexity index is 1050. The number of halogens is 1. The van der Waals surface area contributed by atoms with Crippen molar-refractivity contribution in [1.29, 1.82) is 0 Å². The Morgan fingerprint density at radius 1 is 1.13 bits per heavy atom. The second-order valence-electron chi connectivity index (χ2n) is 6.33. The number of methoxy groups -OCH3 is 1. The summed E-state index contributed by atoms with van der Waals surface area (Å²) >= 11 is 5.99. The van der Waals surface area contributed by atoms with E-state index in [4.69, 9.17) is 16.3 Å². The third-order valence-electron chi connectivity index (χ3n) is 4.24. The van der Waals surface area contributed by atoms with Crippen molar-refractivity contribution in [3.63, 3.8) is 0 Å². The molecule has 0 saturated heterocycles. The number of anilines is 2. The number of hydrogen-bond acceptors (Lipinski definition) is 5. The van der Waals surface area contributed by atoms with Gasteiger partial charge < -0.3 is 15.4 Å². The van der Waals surface area contributed by atoms with E-state index in [1.807, 2.05) is 0 Å². The van der Waals surface area contributed by atoms with Crippen molar-refractivity contribution in [3.8, 4) is 5.75 Å². The molecule has 1 aromatic heterocycles. The zero-order chi connectivity index (χ0) is 21.5. The predicted octanol–water partition coefficient (Wildman–Crippen LogP) is 3.79. The lowest BCUT2D eigenvalue weighted by Crippen LogP contribution is -2.24. The van der Waals surface area contributed by atoms with Crippen LogP contribution < -0.4 is 15.4 Å². The number of aromatic nitrogens is 3. The number of nitrogens with one attached hydrogen (secondary N) is 2. The zero-order valence-corrected chi connectivity index (χ0v) is 17.1. The number of benzene rings is 2. The van der Waals surface area contributed by atoms with Crippen molar-refractivity contribution in [1.82, 2.24) is 14.8 Å². The molecular formula is C21H20ClN5O3. The molecule has 0 spiro atoms. The third kappa shape index (κ3) is 5.45. The Morgan fingerprint density at radius 2 is 1.83 bits per heavy atom. The molecule has 8 nitrogen and oxygen atoms in total. The molecule has 0 aliphatic heterocycles. The lowest BCUT2D eigenvalue weighted by Gasteiger charge is -2.12. The average molecular weight is 426 g/mol. The molecule has 9 heteroatoms. The van der Waals surface area contributed by atoms with Crippen LogP contribution in [0.15, 0.2) is 61.2 Å². The minimum Gasteiger partial charge on any atom is -0.496 e. The number of ether oxygens (including phenoxy) is 1. The Balaban J connectivity index is 1.58. The molecule has 0 aliphatic carbocycles. The molecule has 0 fully saturated rings. The SMILES string of the molecule is COc1ccc(Cl)cc1/C=C/C(=O)Nc1ccc(NC(=O)C(C)n2cncn2)cc1. The first-order chi connectivity index (χ1) is 14.5. The molecule has 2 amide bonds. The molecule has 1 unspecified atom stereocenters. The first-order valence-corrected chi connectivity index (χ1v) is 9.41. The van der Waals surface area contributed by atoms with Crippen LogP contribution in [0.4, 0.5) is 11.4 Å². The Hall–Kier alpha value is -3.65. The van der Waals surface area contributed by atoms with Crippen molar-refractivity contribution in [2.75, 3.05) is 17.7 Å². The van der Waals surface area contributed by atoms with E-state index in [1.54, 1.807) is 62.6 Å². The van der Waals surface area contributed by atoms with Crippen LogP contribution in [0, 0.1) is 0 Å². The molecule has 30 heavy (non-hydrogen) atoms. The number of hydrogen-bond donors (Lipinski definition) is 2. The highest BCUT2D eigenvalue weighted by atomic mass is 35.5. The van der Waals surface area contributed by atoms with Gasteiger partial charge >= 0.3 is 0 Å². The molecule has 0 radical (unpaired) electrons. The highest BCUT2D eigenvalue weighted by Gasteiger charge is 2.15. The maximum absolute atomic E-state index is 12.3. The van der Waals surface area contributed by atoms with Crippen LogP contribution >= 0.6 is 11.6 Å². The van der Waals surface area contributed by atoms with Crippen molar-refractivity contribution < 1.29 is 14.3 Å². The summed E-state index contributed by atoms with van der Waals surface area (Å²) < 4.78 is 6.71. The van der Waals surface area contributed by atoms with Crippen molar-refractivity contribution in [2.24, 2.45) is 0 Å². The average Bonchev–Trinajstić information content (AvgIpc) is 3.28. The van der Waals surface area contributed by atoms with Crippen LogP contribution in [0.2, 0.25) is 5.02 Å². The van der Waals surface area contributed by atoms with Gasteiger partial charge in [-0.1, -0.05) is 11.6 Å². The topological polar surface area (TPSA) is 98.1 Å². The van der Waals surface area contributed by atoms with Crippen LogP contribution in [0.25, 0.3) is 6.08 Å². The van der Waals surface area contributed by atoms with Gasteiger partial charge in [0, 0.05) is 28.0 Å². The minimum absolute atomic E-state index is 0.226. The highest BCUT2D eigenvalue weighted by molar-refractivity contribution is 6.30. The van der Waals surface area contributed by atoms with E-state index in [9.17, 15) is 9.59 Å². The monoisotopic (exact) mass is 425 g/mol. The van der Waals surface area contributed by atoms with E-state index in [1.165, 1.54) is 23.4 Å². The lowest BCUT2D eigenvalue weighted by molar-refractivity contribution is -0.119. The summed E-state index contributed by atoms with van der Waals surface area (Å²) in [4.78, 5) is 28.3. The molecule has 0 aliphatic rings. The van der Waals surface area contributed by atoms with Gasteiger partial charge in [-0.3, -0.25) is 9.59 Å². The maximum Gasteiger partial charge on any atom is 0.249 e. The zero-order valence-electron chi connectivity index (χ0n) is 16.4. The number of nitrogens with zero attached hydrogens (tertiary/aromatic N) is 3. The Kier molecular flexibility index (Phi) is 6.82. The van der Waals surface area contributed by atoms with E-state index in [2.05, 4.69) is 20.7 Å². The predicted molar refractivity (Wildman–Crippen MR) is 115 cm³/mol. The van der Waals surface area contributed by atoms with E-state index >= 15 is 0 Å². The molecule has 2 N–H and O–H groups in total. The summed E-state index contributed by atoms with van der Waals surface area (Å²) in [5.41, 5.74) is 1.88. The van der Waals surface area contributed by atoms with Gasteiger partial charge in [0.05, 0.1) is 7.11 Å². The summed E-state index contributed by atoms with van der Waals surface area (Å²) in [5.74, 6) is 0.0768. The second-order valence-corrected chi connectivity index (χ2v) is 6.76. The number of carbonyl (C=O) groups is 2. The second kappa shape index (κ2) is 9.71. The fourth-order valence-electron chi connectivity index (χ4n) is 2.61. The number of carbonyl (C=O) groups excluding carboxylic acids is 2. The molecule has 1 atom stereocenters. The van der Waals surface area contributed by atoms with Gasteiger partial charge in [0.25, 0.3) is 0 Å². The van der Waals surface area contributed by atoms with Crippen LogP contribution in [-0.4, -0.2) is 33.7 Å². The van der Waals surface area contributed by atoms with E-state index < -0.39 is 6.04 Å². The largest absolute Gasteiger partial charge is 0.496 e. The van der Waals surface area contributed by atoms with E-state index in [0.29, 0.717) is 27.7 Å². The fraction of sp³-hybridized carbons (Fsp3) is 0.143. The van der Waals surface area contributed by atoms with Crippen LogP contribution in [0.5, 0.6) is 5.75 Å². The van der Waals surface area contributed by atoms with Gasteiger partial charge in [-0.2, -0.15) is 5.10 Å². The van der Waals surface area contributed by atoms with Crippen LogP contribution in [-0.2, 0) is 9.59 Å². The van der Waals surface area contributed by atoms with Crippen molar-refractivity contribution >= 4 is 40.9 Å². The molecule has 154 valence electrons. The third-order valence-corrected chi connectivity index (χ3v) is 4.47. The normalized spacial score (nSPS) is 11.8. The molecule has 0 bridgehead atoms. The lowest BCUT2D eigenvalue weighted by atomic mass is 10.2. The summed E-state index contributed by atoms with van der Waals surface area (Å²) in [6.07, 6.45) is 5.87. The maximum atomic E-state index is 12.3. The molecule has 0 saturated carbocycles. The summed E-state index contributed by atoms with van der Waals surface area (Å²) in [6.45, 7) is 1.72. The standard InChI is InChI=1S/C21H20ClN5O3/c1-14(27-13-23-12-24-27)21(29)26-18-7-5-17(6-8-18)25-20(28)10-3-15-11-16(22)4-9-19(15)30-2/h3-14H,1-2H3,(H,25,28)(H,26,29)/b10-3+. The number of rotatable bonds is 7. The smallest absolute Gasteiger partial charge is 0.249 e. The Morgan fingerprint density at radius 3 is 2.47 bits per heavy atom. The molecule has 3 aromatic rings.